The van der Waals surface area contributed by atoms with E-state index in [0.717, 1.165) is 6.42 Å². The lowest BCUT2D eigenvalue weighted by atomic mass is 9.90. The summed E-state index contributed by atoms with van der Waals surface area (Å²) in [7, 11) is 0. The summed E-state index contributed by atoms with van der Waals surface area (Å²) in [5.74, 6) is -2.07. The van der Waals surface area contributed by atoms with Crippen molar-refractivity contribution in [1.82, 2.24) is 10.6 Å². The predicted octanol–water partition coefficient (Wildman–Crippen LogP) is 0.0504. The van der Waals surface area contributed by atoms with Gasteiger partial charge in [-0.25, -0.2) is 9.59 Å². The summed E-state index contributed by atoms with van der Waals surface area (Å²) in [6.07, 6.45) is 0.441. The lowest BCUT2D eigenvalue weighted by Crippen LogP contribution is -2.49. The molecule has 0 saturated heterocycles. The maximum Gasteiger partial charge on any atom is 0.326 e. The van der Waals surface area contributed by atoms with Crippen LogP contribution in [0.2, 0.25) is 0 Å². The van der Waals surface area contributed by atoms with E-state index in [9.17, 15) is 14.4 Å². The largest absolute Gasteiger partial charge is 0.480 e. The molecule has 0 aromatic carbocycles. The molecule has 0 aliphatic rings. The zero-order chi connectivity index (χ0) is 14.3. The number of carbonyl (C=O) groups excluding carboxylic acids is 2. The minimum Gasteiger partial charge on any atom is -0.480 e. The van der Waals surface area contributed by atoms with Crippen molar-refractivity contribution in [2.24, 2.45) is 11.1 Å². The number of hydrogen-bond acceptors (Lipinski definition) is 3. The van der Waals surface area contributed by atoms with Crippen LogP contribution in [0.15, 0.2) is 0 Å². The third-order valence-electron chi connectivity index (χ3n) is 2.69. The molecule has 7 heteroatoms. The molecule has 1 unspecified atom stereocenters. The summed E-state index contributed by atoms with van der Waals surface area (Å²) in [6, 6.07) is -1.92. The fraction of sp³-hybridized carbons (Fsp3) is 0.727. The number of hydrogen-bond donors (Lipinski definition) is 4. The minimum atomic E-state index is -1.30. The lowest BCUT2D eigenvalue weighted by molar-refractivity contribution is -0.140. The Morgan fingerprint density at radius 1 is 1.33 bits per heavy atom. The molecule has 0 aliphatic heterocycles. The van der Waals surface area contributed by atoms with Gasteiger partial charge in [-0.3, -0.25) is 4.79 Å². The lowest BCUT2D eigenvalue weighted by Gasteiger charge is -2.23. The molecule has 0 radical (unpaired) electrons. The average molecular weight is 259 g/mol. The Morgan fingerprint density at radius 3 is 2.28 bits per heavy atom. The van der Waals surface area contributed by atoms with E-state index in [1.165, 1.54) is 0 Å². The van der Waals surface area contributed by atoms with Crippen LogP contribution in [0.25, 0.3) is 0 Å². The van der Waals surface area contributed by atoms with Gasteiger partial charge >= 0.3 is 12.0 Å². The molecule has 5 N–H and O–H groups in total. The highest BCUT2D eigenvalue weighted by atomic mass is 16.4. The first kappa shape index (κ1) is 16.2. The molecule has 0 rings (SSSR count). The number of amides is 3. The molecule has 1 atom stereocenters. The van der Waals surface area contributed by atoms with Gasteiger partial charge in [0.2, 0.25) is 5.91 Å². The predicted molar refractivity (Wildman–Crippen MR) is 65.8 cm³/mol. The molecular weight excluding hydrogens is 238 g/mol. The first-order chi connectivity index (χ1) is 8.18. The Bertz CT molecular complexity index is 328. The highest BCUT2D eigenvalue weighted by molar-refractivity contribution is 5.87. The van der Waals surface area contributed by atoms with Crippen molar-refractivity contribution in [2.75, 3.05) is 6.54 Å². The van der Waals surface area contributed by atoms with Gasteiger partial charge in [0, 0.05) is 6.54 Å². The molecule has 18 heavy (non-hydrogen) atoms. The van der Waals surface area contributed by atoms with Gasteiger partial charge in [-0.15, -0.1) is 0 Å². The molecule has 0 aromatic heterocycles. The Morgan fingerprint density at radius 2 is 1.89 bits per heavy atom. The molecule has 0 saturated carbocycles. The van der Waals surface area contributed by atoms with Crippen LogP contribution in [-0.2, 0) is 9.59 Å². The van der Waals surface area contributed by atoms with Crippen molar-refractivity contribution in [2.45, 2.75) is 39.7 Å². The van der Waals surface area contributed by atoms with Gasteiger partial charge in [0.15, 0.2) is 0 Å². The third-order valence-corrected chi connectivity index (χ3v) is 2.69. The number of nitrogens with two attached hydrogens (primary N) is 1. The zero-order valence-electron chi connectivity index (χ0n) is 10.9. The number of carboxylic acid groups (broad SMARTS) is 1. The molecule has 104 valence electrons. The molecule has 0 fully saturated rings. The van der Waals surface area contributed by atoms with Crippen LogP contribution in [0.3, 0.4) is 0 Å². The number of carbonyl (C=O) groups is 3. The van der Waals surface area contributed by atoms with Crippen LogP contribution < -0.4 is 16.4 Å². The number of nitrogens with one attached hydrogen (secondary N) is 2. The zero-order valence-corrected chi connectivity index (χ0v) is 10.9. The highest BCUT2D eigenvalue weighted by Gasteiger charge is 2.23. The Labute approximate surface area is 106 Å². The van der Waals surface area contributed by atoms with Gasteiger partial charge < -0.3 is 21.5 Å². The molecule has 0 aromatic rings. The molecule has 7 nitrogen and oxygen atoms in total. The summed E-state index contributed by atoms with van der Waals surface area (Å²) in [5.41, 5.74) is 4.83. The number of rotatable bonds is 7. The van der Waals surface area contributed by atoms with Crippen LogP contribution >= 0.6 is 0 Å². The van der Waals surface area contributed by atoms with E-state index in [1.54, 1.807) is 0 Å². The number of urea groups is 1. The van der Waals surface area contributed by atoms with E-state index >= 15 is 0 Å². The minimum absolute atomic E-state index is 0.0697. The summed E-state index contributed by atoms with van der Waals surface area (Å²) < 4.78 is 0. The first-order valence-electron chi connectivity index (χ1n) is 5.73. The van der Waals surface area contributed by atoms with Gasteiger partial charge in [0.25, 0.3) is 0 Å². The van der Waals surface area contributed by atoms with Crippen molar-refractivity contribution in [3.63, 3.8) is 0 Å². The molecule has 0 spiro atoms. The van der Waals surface area contributed by atoms with Crippen LogP contribution in [0, 0.1) is 5.41 Å². The van der Waals surface area contributed by atoms with E-state index in [0.29, 0.717) is 6.54 Å². The van der Waals surface area contributed by atoms with Gasteiger partial charge in [0.1, 0.15) is 6.04 Å². The van der Waals surface area contributed by atoms with Gasteiger partial charge in [-0.1, -0.05) is 20.8 Å². The van der Waals surface area contributed by atoms with Crippen LogP contribution in [0.4, 0.5) is 4.79 Å². The van der Waals surface area contributed by atoms with Gasteiger partial charge in [-0.2, -0.15) is 0 Å². The maximum atomic E-state index is 11.5. The van der Waals surface area contributed by atoms with Crippen molar-refractivity contribution in [1.29, 1.82) is 0 Å². The molecule has 0 bridgehead atoms. The monoisotopic (exact) mass is 259 g/mol. The normalized spacial score (nSPS) is 12.6. The van der Waals surface area contributed by atoms with E-state index in [2.05, 4.69) is 10.6 Å². The van der Waals surface area contributed by atoms with Crippen molar-refractivity contribution >= 4 is 17.9 Å². The molecule has 0 aliphatic carbocycles. The SMILES string of the molecule is CCC(C)(C)CNC(=O)NC(CC(N)=O)C(=O)O. The smallest absolute Gasteiger partial charge is 0.326 e. The third kappa shape index (κ3) is 6.72. The summed E-state index contributed by atoms with van der Waals surface area (Å²) in [6.45, 7) is 6.36. The standard InChI is InChI=1S/C11H21N3O4/c1-4-11(2,3)6-13-10(18)14-7(9(16)17)5-8(12)15/h7H,4-6H2,1-3H3,(H2,12,15)(H,16,17)(H2,13,14,18). The van der Waals surface area contributed by atoms with Crippen molar-refractivity contribution in [3.8, 4) is 0 Å². The highest BCUT2D eigenvalue weighted by Crippen LogP contribution is 2.17. The Balaban J connectivity index is 4.27. The second-order valence-electron chi connectivity index (χ2n) is 4.91. The van der Waals surface area contributed by atoms with E-state index in [-0.39, 0.29) is 5.41 Å². The molecule has 0 heterocycles. The van der Waals surface area contributed by atoms with Crippen molar-refractivity contribution in [3.05, 3.63) is 0 Å². The van der Waals surface area contributed by atoms with Crippen molar-refractivity contribution < 1.29 is 19.5 Å². The van der Waals surface area contributed by atoms with E-state index in [1.807, 2.05) is 20.8 Å². The number of carboxylic acids is 1. The van der Waals surface area contributed by atoms with Crippen LogP contribution in [-0.4, -0.2) is 35.6 Å². The van der Waals surface area contributed by atoms with Gasteiger partial charge in [0.05, 0.1) is 6.42 Å². The first-order valence-corrected chi connectivity index (χ1v) is 5.73. The van der Waals surface area contributed by atoms with E-state index < -0.39 is 30.4 Å². The molecule has 3 amide bonds. The number of aliphatic carboxylic acids is 1. The second-order valence-corrected chi connectivity index (χ2v) is 4.91. The maximum absolute atomic E-state index is 11.5. The fourth-order valence-corrected chi connectivity index (χ4v) is 1.06. The average Bonchev–Trinajstić information content (AvgIpc) is 2.25. The Hall–Kier alpha value is -1.79. The van der Waals surface area contributed by atoms with Crippen LogP contribution in [0.5, 0.6) is 0 Å². The summed E-state index contributed by atoms with van der Waals surface area (Å²) in [5, 5.41) is 13.6. The summed E-state index contributed by atoms with van der Waals surface area (Å²) >= 11 is 0. The van der Waals surface area contributed by atoms with Gasteiger partial charge in [-0.05, 0) is 11.8 Å². The van der Waals surface area contributed by atoms with E-state index in [4.69, 9.17) is 10.8 Å². The summed E-state index contributed by atoms with van der Waals surface area (Å²) in [4.78, 5) is 32.9. The topological polar surface area (TPSA) is 122 Å². The Kier molecular flexibility index (Phi) is 6.15. The molecular formula is C11H21N3O4. The fourth-order valence-electron chi connectivity index (χ4n) is 1.06. The quantitative estimate of drug-likeness (QED) is 0.516. The number of primary amides is 1. The second kappa shape index (κ2) is 6.83. The van der Waals surface area contributed by atoms with Crippen LogP contribution in [0.1, 0.15) is 33.6 Å².